The lowest BCUT2D eigenvalue weighted by molar-refractivity contribution is -0.133. The van der Waals surface area contributed by atoms with Crippen molar-refractivity contribution in [1.29, 1.82) is 5.26 Å². The summed E-state index contributed by atoms with van der Waals surface area (Å²) in [6.45, 7) is 0.468. The van der Waals surface area contributed by atoms with Crippen LogP contribution in [0.25, 0.3) is 0 Å². The van der Waals surface area contributed by atoms with Gasteiger partial charge in [0.25, 0.3) is 6.47 Å². The van der Waals surface area contributed by atoms with Crippen LogP contribution in [0, 0.1) is 11.3 Å². The molecule has 2 aliphatic rings. The minimum Gasteiger partial charge on any atom is -0.493 e. The van der Waals surface area contributed by atoms with Gasteiger partial charge in [-0.15, -0.1) is 0 Å². The van der Waals surface area contributed by atoms with Crippen molar-refractivity contribution in [3.63, 3.8) is 0 Å². The normalized spacial score (nSPS) is 28.8. The second kappa shape index (κ2) is 9.03. The standard InChI is InChI=1S/C21H25NO7/c1-26-18-5-2-14(10-19(18)28-17-4-3-16(11-17)27-13-23)21(12-22)8-6-15(7-9-21)29-20(24)25/h2,5,10,13,15-17H,3-4,6-9,11H2,1H3,(H,24,25)/t15-,16-,17+,21+/m0/s1. The largest absolute Gasteiger partial charge is 0.506 e. The molecule has 0 aliphatic heterocycles. The number of rotatable bonds is 7. The SMILES string of the molecule is COc1ccc([C@]2(C#N)CC[C@H](OC(=O)O)CC2)cc1O[C@@H]1CC[C@H](OC=O)C1. The van der Waals surface area contributed by atoms with Gasteiger partial charge >= 0.3 is 6.16 Å². The van der Waals surface area contributed by atoms with Crippen LogP contribution in [0.4, 0.5) is 4.79 Å². The van der Waals surface area contributed by atoms with Crippen molar-refractivity contribution < 1.29 is 33.6 Å². The lowest BCUT2D eigenvalue weighted by atomic mass is 9.69. The van der Waals surface area contributed by atoms with Crippen LogP contribution < -0.4 is 9.47 Å². The van der Waals surface area contributed by atoms with Gasteiger partial charge in [-0.3, -0.25) is 4.79 Å². The molecular formula is C21H25NO7. The predicted molar refractivity (Wildman–Crippen MR) is 101 cm³/mol. The fourth-order valence-corrected chi connectivity index (χ4v) is 4.27. The smallest absolute Gasteiger partial charge is 0.493 e. The van der Waals surface area contributed by atoms with Crippen molar-refractivity contribution in [3.05, 3.63) is 23.8 Å². The Labute approximate surface area is 169 Å². The highest BCUT2D eigenvalue weighted by Crippen LogP contribution is 2.43. The molecule has 0 saturated heterocycles. The Morgan fingerprint density at radius 1 is 1.17 bits per heavy atom. The van der Waals surface area contributed by atoms with Crippen molar-refractivity contribution in [3.8, 4) is 17.6 Å². The molecular weight excluding hydrogens is 378 g/mol. The summed E-state index contributed by atoms with van der Waals surface area (Å²) in [6.07, 6.45) is 2.24. The van der Waals surface area contributed by atoms with Crippen LogP contribution in [0.5, 0.6) is 11.5 Å². The Balaban J connectivity index is 1.76. The lowest BCUT2D eigenvalue weighted by Gasteiger charge is -2.35. The molecule has 1 N–H and O–H groups in total. The average Bonchev–Trinajstić information content (AvgIpc) is 3.15. The molecule has 0 bridgehead atoms. The van der Waals surface area contributed by atoms with Gasteiger partial charge in [0.15, 0.2) is 11.5 Å². The Bertz CT molecular complexity index is 780. The van der Waals surface area contributed by atoms with Gasteiger partial charge in [-0.05, 0) is 56.2 Å². The molecule has 0 unspecified atom stereocenters. The summed E-state index contributed by atoms with van der Waals surface area (Å²) in [5.74, 6) is 1.13. The fraction of sp³-hybridized carbons (Fsp3) is 0.571. The first kappa shape index (κ1) is 20.8. The van der Waals surface area contributed by atoms with Crippen molar-refractivity contribution in [2.45, 2.75) is 68.7 Å². The van der Waals surface area contributed by atoms with E-state index < -0.39 is 11.6 Å². The molecule has 2 aliphatic carbocycles. The quantitative estimate of drug-likeness (QED) is 0.543. The van der Waals surface area contributed by atoms with Crippen LogP contribution in [0.2, 0.25) is 0 Å². The summed E-state index contributed by atoms with van der Waals surface area (Å²) in [7, 11) is 1.56. The fourth-order valence-electron chi connectivity index (χ4n) is 4.27. The molecule has 0 amide bonds. The number of carboxylic acid groups (broad SMARTS) is 1. The number of hydrogen-bond acceptors (Lipinski definition) is 7. The highest BCUT2D eigenvalue weighted by Gasteiger charge is 2.39. The van der Waals surface area contributed by atoms with Gasteiger partial charge in [0.2, 0.25) is 0 Å². The van der Waals surface area contributed by atoms with Gasteiger partial charge in [0.05, 0.1) is 18.6 Å². The molecule has 0 radical (unpaired) electrons. The Morgan fingerprint density at radius 2 is 1.90 bits per heavy atom. The van der Waals surface area contributed by atoms with Gasteiger partial charge in [0.1, 0.15) is 18.3 Å². The molecule has 2 atom stereocenters. The monoisotopic (exact) mass is 403 g/mol. The maximum absolute atomic E-state index is 10.8. The molecule has 8 nitrogen and oxygen atoms in total. The van der Waals surface area contributed by atoms with Gasteiger partial charge in [-0.2, -0.15) is 5.26 Å². The van der Waals surface area contributed by atoms with E-state index in [9.17, 15) is 14.9 Å². The second-order valence-corrected chi connectivity index (χ2v) is 7.55. The maximum Gasteiger partial charge on any atom is 0.506 e. The molecule has 1 aromatic rings. The minimum atomic E-state index is -1.28. The number of nitriles is 1. The van der Waals surface area contributed by atoms with E-state index in [2.05, 4.69) is 6.07 Å². The summed E-state index contributed by atoms with van der Waals surface area (Å²) < 4.78 is 21.5. The van der Waals surface area contributed by atoms with Gasteiger partial charge < -0.3 is 24.1 Å². The third-order valence-electron chi connectivity index (χ3n) is 5.86. The van der Waals surface area contributed by atoms with E-state index in [0.29, 0.717) is 50.1 Å². The van der Waals surface area contributed by atoms with E-state index in [1.54, 1.807) is 13.2 Å². The average molecular weight is 403 g/mol. The zero-order chi connectivity index (χ0) is 20.9. The van der Waals surface area contributed by atoms with E-state index in [0.717, 1.165) is 18.4 Å². The molecule has 29 heavy (non-hydrogen) atoms. The van der Waals surface area contributed by atoms with E-state index >= 15 is 0 Å². The maximum atomic E-state index is 10.8. The summed E-state index contributed by atoms with van der Waals surface area (Å²) in [4.78, 5) is 21.3. The Morgan fingerprint density at radius 3 is 2.52 bits per heavy atom. The number of carbonyl (C=O) groups is 2. The van der Waals surface area contributed by atoms with E-state index in [1.165, 1.54) is 0 Å². The van der Waals surface area contributed by atoms with Crippen molar-refractivity contribution >= 4 is 12.6 Å². The molecule has 0 aromatic heterocycles. The zero-order valence-electron chi connectivity index (χ0n) is 16.3. The first-order valence-electron chi connectivity index (χ1n) is 9.75. The summed E-state index contributed by atoms with van der Waals surface area (Å²) in [5.41, 5.74) is 0.102. The van der Waals surface area contributed by atoms with Gasteiger partial charge in [0, 0.05) is 6.42 Å². The number of ether oxygens (including phenoxy) is 4. The number of hydrogen-bond donors (Lipinski definition) is 1. The molecule has 2 fully saturated rings. The lowest BCUT2D eigenvalue weighted by Crippen LogP contribution is -2.34. The third kappa shape index (κ3) is 4.73. The van der Waals surface area contributed by atoms with Crippen LogP contribution in [-0.2, 0) is 19.7 Å². The van der Waals surface area contributed by atoms with Gasteiger partial charge in [-0.25, -0.2) is 4.79 Å². The van der Waals surface area contributed by atoms with Crippen LogP contribution in [0.3, 0.4) is 0 Å². The first-order chi connectivity index (χ1) is 14.0. The van der Waals surface area contributed by atoms with Crippen LogP contribution in [0.1, 0.15) is 50.5 Å². The topological polar surface area (TPSA) is 115 Å². The van der Waals surface area contributed by atoms with Crippen molar-refractivity contribution in [2.75, 3.05) is 7.11 Å². The number of methoxy groups -OCH3 is 1. The number of carbonyl (C=O) groups excluding carboxylic acids is 1. The van der Waals surface area contributed by atoms with Crippen LogP contribution in [-0.4, -0.2) is 43.2 Å². The third-order valence-corrected chi connectivity index (χ3v) is 5.86. The zero-order valence-corrected chi connectivity index (χ0v) is 16.3. The minimum absolute atomic E-state index is 0.0955. The Kier molecular flexibility index (Phi) is 6.47. The van der Waals surface area contributed by atoms with Crippen LogP contribution in [0.15, 0.2) is 18.2 Å². The van der Waals surface area contributed by atoms with E-state index in [-0.39, 0.29) is 18.3 Å². The summed E-state index contributed by atoms with van der Waals surface area (Å²) in [6, 6.07) is 7.92. The predicted octanol–water partition coefficient (Wildman–Crippen LogP) is 3.57. The summed E-state index contributed by atoms with van der Waals surface area (Å²) >= 11 is 0. The molecule has 3 rings (SSSR count). The highest BCUT2D eigenvalue weighted by atomic mass is 16.7. The molecule has 0 heterocycles. The van der Waals surface area contributed by atoms with Crippen molar-refractivity contribution in [1.82, 2.24) is 0 Å². The van der Waals surface area contributed by atoms with E-state index in [4.69, 9.17) is 24.1 Å². The second-order valence-electron chi connectivity index (χ2n) is 7.55. The van der Waals surface area contributed by atoms with Crippen LogP contribution >= 0.6 is 0 Å². The molecule has 156 valence electrons. The number of benzene rings is 1. The van der Waals surface area contributed by atoms with Gasteiger partial charge in [-0.1, -0.05) is 6.07 Å². The molecule has 2 saturated carbocycles. The Hall–Kier alpha value is -2.95. The first-order valence-corrected chi connectivity index (χ1v) is 9.75. The highest BCUT2D eigenvalue weighted by molar-refractivity contribution is 5.57. The molecule has 8 heteroatoms. The summed E-state index contributed by atoms with van der Waals surface area (Å²) in [5, 5.41) is 18.7. The number of nitrogens with zero attached hydrogens (tertiary/aromatic N) is 1. The molecule has 1 aromatic carbocycles. The van der Waals surface area contributed by atoms with E-state index in [1.807, 2.05) is 12.1 Å². The molecule has 0 spiro atoms. The van der Waals surface area contributed by atoms with Crippen molar-refractivity contribution in [2.24, 2.45) is 0 Å².